The van der Waals surface area contributed by atoms with Gasteiger partial charge in [0.15, 0.2) is 6.04 Å². The monoisotopic (exact) mass is 546 g/mol. The molecule has 0 saturated carbocycles. The summed E-state index contributed by atoms with van der Waals surface area (Å²) in [6, 6.07) is 34.7. The molecule has 0 radical (unpaired) electrons. The van der Waals surface area contributed by atoms with Crippen molar-refractivity contribution in [2.75, 3.05) is 6.61 Å². The van der Waals surface area contributed by atoms with Gasteiger partial charge in [0.25, 0.3) is 5.91 Å². The van der Waals surface area contributed by atoms with E-state index in [1.807, 2.05) is 84.9 Å². The number of nitrogens with zero attached hydrogens (tertiary/aromatic N) is 2. The lowest BCUT2D eigenvalue weighted by molar-refractivity contribution is -0.145. The van der Waals surface area contributed by atoms with Gasteiger partial charge >= 0.3 is 11.9 Å². The molecule has 7 nitrogen and oxygen atoms in total. The van der Waals surface area contributed by atoms with E-state index >= 15 is 0 Å². The summed E-state index contributed by atoms with van der Waals surface area (Å²) in [5, 5.41) is 0. The normalized spacial score (nSPS) is 16.9. The molecule has 0 spiro atoms. The van der Waals surface area contributed by atoms with Gasteiger partial charge in [-0.15, -0.1) is 0 Å². The van der Waals surface area contributed by atoms with Crippen LogP contribution in [0.5, 0.6) is 0 Å². The van der Waals surface area contributed by atoms with E-state index < -0.39 is 30.3 Å². The molecule has 0 aromatic heterocycles. The van der Waals surface area contributed by atoms with Gasteiger partial charge in [0.1, 0.15) is 6.04 Å². The van der Waals surface area contributed by atoms with Crippen LogP contribution in [0, 0.1) is 0 Å². The number of hydrogen-bond acceptors (Lipinski definition) is 6. The van der Waals surface area contributed by atoms with Gasteiger partial charge < -0.3 is 9.47 Å². The van der Waals surface area contributed by atoms with Crippen molar-refractivity contribution in [2.45, 2.75) is 31.7 Å². The maximum absolute atomic E-state index is 13.9. The molecular formula is C34H30N2O5. The van der Waals surface area contributed by atoms with Crippen LogP contribution in [0.1, 0.15) is 46.6 Å². The molecule has 7 heteroatoms. The fourth-order valence-corrected chi connectivity index (χ4v) is 4.87. The second kappa shape index (κ2) is 12.9. The van der Waals surface area contributed by atoms with E-state index in [-0.39, 0.29) is 18.9 Å². The summed E-state index contributed by atoms with van der Waals surface area (Å²) in [4.78, 5) is 47.0. The van der Waals surface area contributed by atoms with Crippen LogP contribution in [-0.4, -0.2) is 47.1 Å². The van der Waals surface area contributed by atoms with Crippen molar-refractivity contribution in [1.29, 1.82) is 0 Å². The fraction of sp³-hybridized carbons (Fsp3) is 0.176. The summed E-state index contributed by atoms with van der Waals surface area (Å²) >= 11 is 0. The van der Waals surface area contributed by atoms with Gasteiger partial charge in [-0.05, 0) is 19.1 Å². The van der Waals surface area contributed by atoms with E-state index in [4.69, 9.17) is 14.5 Å². The third kappa shape index (κ3) is 6.25. The summed E-state index contributed by atoms with van der Waals surface area (Å²) < 4.78 is 11.2. The Morgan fingerprint density at radius 1 is 0.780 bits per heavy atom. The van der Waals surface area contributed by atoms with Gasteiger partial charge in [0.2, 0.25) is 6.23 Å². The Kier molecular flexibility index (Phi) is 8.64. The molecule has 1 amide bonds. The minimum atomic E-state index is -1.08. The molecule has 0 bridgehead atoms. The Labute approximate surface area is 239 Å². The van der Waals surface area contributed by atoms with Gasteiger partial charge in [-0.3, -0.25) is 14.7 Å². The first kappa shape index (κ1) is 27.5. The number of aliphatic imine (C=N–C) groups is 1. The Morgan fingerprint density at radius 2 is 1.27 bits per heavy atom. The van der Waals surface area contributed by atoms with Gasteiger partial charge in [-0.25, -0.2) is 9.59 Å². The zero-order valence-electron chi connectivity index (χ0n) is 22.6. The highest BCUT2D eigenvalue weighted by Crippen LogP contribution is 2.35. The zero-order chi connectivity index (χ0) is 28.6. The lowest BCUT2D eigenvalue weighted by atomic mass is 10.00. The molecule has 206 valence electrons. The lowest BCUT2D eigenvalue weighted by Gasteiger charge is -2.28. The molecule has 3 atom stereocenters. The van der Waals surface area contributed by atoms with E-state index in [0.717, 1.165) is 11.1 Å². The zero-order valence-corrected chi connectivity index (χ0v) is 22.6. The van der Waals surface area contributed by atoms with E-state index in [0.29, 0.717) is 16.8 Å². The highest BCUT2D eigenvalue weighted by atomic mass is 16.6. The number of cyclic esters (lactones) is 1. The van der Waals surface area contributed by atoms with E-state index in [9.17, 15) is 14.4 Å². The number of carbonyl (C=O) groups is 3. The molecule has 4 aromatic carbocycles. The summed E-state index contributed by atoms with van der Waals surface area (Å²) in [5.74, 6) is -1.57. The maximum atomic E-state index is 13.9. The van der Waals surface area contributed by atoms with Crippen LogP contribution in [0.15, 0.2) is 126 Å². The predicted octanol–water partition coefficient (Wildman–Crippen LogP) is 5.61. The van der Waals surface area contributed by atoms with Crippen molar-refractivity contribution in [1.82, 2.24) is 4.90 Å². The minimum absolute atomic E-state index is 0.108. The molecule has 5 rings (SSSR count). The number of ether oxygens (including phenoxy) is 2. The highest BCUT2D eigenvalue weighted by Gasteiger charge is 2.47. The number of benzene rings is 4. The molecule has 0 N–H and O–H groups in total. The number of esters is 2. The van der Waals surface area contributed by atoms with Crippen molar-refractivity contribution in [2.24, 2.45) is 4.99 Å². The second-order valence-electron chi connectivity index (χ2n) is 9.51. The standard InChI is InChI=1S/C34H30N2O5/c1-2-40-33(38)28(35-30(24-15-7-3-8-16-24)25-17-9-4-10-18-25)23-29-34(39)41-32(27-21-13-6-14-22-27)36(29)31(37)26-19-11-5-12-20-26/h3-22,28-29,32H,2,23H2,1H3/t28-,29+,32-/m1/s1. The molecule has 41 heavy (non-hydrogen) atoms. The lowest BCUT2D eigenvalue weighted by Crippen LogP contribution is -2.43. The number of amides is 1. The molecule has 1 saturated heterocycles. The topological polar surface area (TPSA) is 85.3 Å². The molecule has 0 aliphatic carbocycles. The minimum Gasteiger partial charge on any atom is -0.464 e. The SMILES string of the molecule is CCOC(=O)[C@@H](C[C@H]1C(=O)O[C@H](c2ccccc2)N1C(=O)c1ccccc1)N=C(c1ccccc1)c1ccccc1. The first-order valence-corrected chi connectivity index (χ1v) is 13.5. The number of hydrogen-bond donors (Lipinski definition) is 0. The van der Waals surface area contributed by atoms with E-state index in [1.54, 1.807) is 43.3 Å². The summed E-state index contributed by atoms with van der Waals surface area (Å²) in [7, 11) is 0. The average Bonchev–Trinajstić information content (AvgIpc) is 3.36. The van der Waals surface area contributed by atoms with Crippen molar-refractivity contribution in [3.63, 3.8) is 0 Å². The smallest absolute Gasteiger partial charge is 0.331 e. The van der Waals surface area contributed by atoms with Gasteiger partial charge in [-0.2, -0.15) is 0 Å². The van der Waals surface area contributed by atoms with Crippen molar-refractivity contribution in [3.05, 3.63) is 144 Å². The van der Waals surface area contributed by atoms with Crippen molar-refractivity contribution in [3.8, 4) is 0 Å². The van der Waals surface area contributed by atoms with Crippen LogP contribution in [0.2, 0.25) is 0 Å². The Hall–Kier alpha value is -5.04. The van der Waals surface area contributed by atoms with Crippen LogP contribution in [-0.2, 0) is 19.1 Å². The van der Waals surface area contributed by atoms with Gasteiger partial charge in [0, 0.05) is 28.7 Å². The van der Waals surface area contributed by atoms with Crippen molar-refractivity contribution < 1.29 is 23.9 Å². The first-order valence-electron chi connectivity index (χ1n) is 13.5. The van der Waals surface area contributed by atoms with Crippen LogP contribution >= 0.6 is 0 Å². The van der Waals surface area contributed by atoms with Crippen LogP contribution < -0.4 is 0 Å². The van der Waals surface area contributed by atoms with Gasteiger partial charge in [-0.1, -0.05) is 109 Å². The molecular weight excluding hydrogens is 516 g/mol. The van der Waals surface area contributed by atoms with Crippen LogP contribution in [0.25, 0.3) is 0 Å². The second-order valence-corrected chi connectivity index (χ2v) is 9.51. The molecule has 4 aromatic rings. The predicted molar refractivity (Wildman–Crippen MR) is 155 cm³/mol. The average molecular weight is 547 g/mol. The summed E-state index contributed by atoms with van der Waals surface area (Å²) in [6.07, 6.45) is -1.06. The van der Waals surface area contributed by atoms with Crippen LogP contribution in [0.4, 0.5) is 0 Å². The molecule has 1 fully saturated rings. The molecule has 0 unspecified atom stereocenters. The fourth-order valence-electron chi connectivity index (χ4n) is 4.87. The first-order chi connectivity index (χ1) is 20.1. The molecule has 1 aliphatic heterocycles. The maximum Gasteiger partial charge on any atom is 0.331 e. The van der Waals surface area contributed by atoms with E-state index in [1.165, 1.54) is 4.90 Å². The third-order valence-electron chi connectivity index (χ3n) is 6.81. The van der Waals surface area contributed by atoms with Gasteiger partial charge in [0.05, 0.1) is 12.3 Å². The Morgan fingerprint density at radius 3 is 1.78 bits per heavy atom. The van der Waals surface area contributed by atoms with Crippen LogP contribution in [0.3, 0.4) is 0 Å². The summed E-state index contributed by atoms with van der Waals surface area (Å²) in [5.41, 5.74) is 3.25. The Bertz CT molecular complexity index is 1470. The van der Waals surface area contributed by atoms with Crippen molar-refractivity contribution >= 4 is 23.6 Å². The number of rotatable bonds is 9. The Balaban J connectivity index is 1.58. The number of carbonyl (C=O) groups excluding carboxylic acids is 3. The van der Waals surface area contributed by atoms with E-state index in [2.05, 4.69) is 0 Å². The highest BCUT2D eigenvalue weighted by molar-refractivity contribution is 6.13. The molecule has 1 aliphatic rings. The third-order valence-corrected chi connectivity index (χ3v) is 6.81. The molecule has 1 heterocycles. The summed E-state index contributed by atoms with van der Waals surface area (Å²) in [6.45, 7) is 1.86. The quantitative estimate of drug-likeness (QED) is 0.201. The largest absolute Gasteiger partial charge is 0.464 e.